The zero-order valence-electron chi connectivity index (χ0n) is 14.3. The first-order chi connectivity index (χ1) is 13.1. The number of benzene rings is 3. The Morgan fingerprint density at radius 1 is 0.926 bits per heavy atom. The molecule has 0 aliphatic heterocycles. The lowest BCUT2D eigenvalue weighted by atomic mass is 10.2. The largest absolute Gasteiger partial charge is 0.489 e. The van der Waals surface area contributed by atoms with E-state index in [4.69, 9.17) is 17.0 Å². The molecule has 0 aromatic heterocycles. The van der Waals surface area contributed by atoms with Crippen molar-refractivity contribution in [3.8, 4) is 5.75 Å². The maximum Gasteiger partial charge on any atom is 0.271 e. The summed E-state index contributed by atoms with van der Waals surface area (Å²) in [5.41, 5.74) is 2.43. The molecule has 0 saturated carbocycles. The highest BCUT2D eigenvalue weighted by Crippen LogP contribution is 2.19. The average Bonchev–Trinajstić information content (AvgIpc) is 2.68. The Labute approximate surface area is 162 Å². The van der Waals surface area contributed by atoms with Crippen LogP contribution in [-0.4, -0.2) is 10.0 Å². The minimum Gasteiger partial charge on any atom is -0.489 e. The van der Waals surface area contributed by atoms with Crippen LogP contribution in [0.1, 0.15) is 5.56 Å². The summed E-state index contributed by atoms with van der Waals surface area (Å²) in [6.07, 6.45) is 0. The van der Waals surface area contributed by atoms with Gasteiger partial charge in [0.1, 0.15) is 12.4 Å². The highest BCUT2D eigenvalue weighted by molar-refractivity contribution is 7.80. The molecular weight excluding hydrogens is 362 g/mol. The topological polar surface area (TPSA) is 76.4 Å². The maximum absolute atomic E-state index is 10.8. The molecule has 0 fully saturated rings. The van der Waals surface area contributed by atoms with E-state index in [2.05, 4.69) is 10.6 Å². The molecule has 0 heterocycles. The molecule has 0 saturated heterocycles. The Bertz CT molecular complexity index is 931. The van der Waals surface area contributed by atoms with Crippen LogP contribution in [-0.2, 0) is 6.61 Å². The molecule has 7 heteroatoms. The van der Waals surface area contributed by atoms with Crippen LogP contribution >= 0.6 is 12.2 Å². The van der Waals surface area contributed by atoms with Crippen LogP contribution in [0.2, 0.25) is 0 Å². The number of nitro groups is 1. The van der Waals surface area contributed by atoms with E-state index in [0.29, 0.717) is 17.4 Å². The first-order valence-electron chi connectivity index (χ1n) is 8.19. The fourth-order valence-corrected chi connectivity index (χ4v) is 2.60. The second kappa shape index (κ2) is 8.77. The van der Waals surface area contributed by atoms with Gasteiger partial charge in [-0.1, -0.05) is 36.4 Å². The average molecular weight is 379 g/mol. The summed E-state index contributed by atoms with van der Waals surface area (Å²) in [5, 5.41) is 17.1. The molecule has 0 spiro atoms. The summed E-state index contributed by atoms with van der Waals surface area (Å²) in [5.74, 6) is 0.752. The lowest BCUT2D eigenvalue weighted by Crippen LogP contribution is -2.19. The summed E-state index contributed by atoms with van der Waals surface area (Å²) in [6.45, 7) is 0.500. The van der Waals surface area contributed by atoms with Crippen LogP contribution in [0.25, 0.3) is 0 Å². The van der Waals surface area contributed by atoms with Crippen LogP contribution in [0.15, 0.2) is 78.9 Å². The molecule has 0 aliphatic carbocycles. The molecule has 6 nitrogen and oxygen atoms in total. The highest BCUT2D eigenvalue weighted by atomic mass is 32.1. The van der Waals surface area contributed by atoms with Gasteiger partial charge in [0.2, 0.25) is 0 Å². The van der Waals surface area contributed by atoms with Crippen LogP contribution < -0.4 is 15.4 Å². The smallest absolute Gasteiger partial charge is 0.271 e. The molecule has 0 amide bonds. The van der Waals surface area contributed by atoms with Crippen LogP contribution in [0.3, 0.4) is 0 Å². The van der Waals surface area contributed by atoms with E-state index in [0.717, 1.165) is 17.0 Å². The number of anilines is 2. The van der Waals surface area contributed by atoms with Gasteiger partial charge >= 0.3 is 0 Å². The maximum atomic E-state index is 10.8. The van der Waals surface area contributed by atoms with Gasteiger partial charge in [0, 0.05) is 23.5 Å². The second-order valence-electron chi connectivity index (χ2n) is 5.69. The number of hydrogen-bond acceptors (Lipinski definition) is 4. The number of nitrogens with one attached hydrogen (secondary N) is 2. The summed E-state index contributed by atoms with van der Waals surface area (Å²) in [7, 11) is 0. The van der Waals surface area contributed by atoms with Gasteiger partial charge in [-0.3, -0.25) is 10.1 Å². The third-order valence-electron chi connectivity index (χ3n) is 3.68. The number of non-ortho nitro benzene ring substituents is 1. The molecule has 136 valence electrons. The quantitative estimate of drug-likeness (QED) is 0.357. The SMILES string of the molecule is O=[N+]([O-])c1cccc(NC(=S)Nc2ccc(OCc3ccccc3)cc2)c1. The Kier molecular flexibility index (Phi) is 5.96. The summed E-state index contributed by atoms with van der Waals surface area (Å²) >= 11 is 5.25. The molecule has 0 bridgehead atoms. The van der Waals surface area contributed by atoms with Gasteiger partial charge in [-0.2, -0.15) is 0 Å². The van der Waals surface area contributed by atoms with Gasteiger partial charge in [0.25, 0.3) is 5.69 Å². The van der Waals surface area contributed by atoms with Crippen molar-refractivity contribution in [3.05, 3.63) is 94.5 Å². The van der Waals surface area contributed by atoms with Gasteiger partial charge < -0.3 is 15.4 Å². The molecule has 0 aliphatic rings. The fourth-order valence-electron chi connectivity index (χ4n) is 2.37. The minimum atomic E-state index is -0.449. The van der Waals surface area contributed by atoms with E-state index in [1.165, 1.54) is 12.1 Å². The van der Waals surface area contributed by atoms with Crippen molar-refractivity contribution in [1.29, 1.82) is 0 Å². The summed E-state index contributed by atoms with van der Waals surface area (Å²) in [6, 6.07) is 23.5. The van der Waals surface area contributed by atoms with Crippen LogP contribution in [0, 0.1) is 10.1 Å². The number of thiocarbonyl (C=S) groups is 1. The van der Waals surface area contributed by atoms with Crippen molar-refractivity contribution < 1.29 is 9.66 Å². The fraction of sp³-hybridized carbons (Fsp3) is 0.0500. The first kappa shape index (κ1) is 18.3. The van der Waals surface area contributed by atoms with Gasteiger partial charge in [-0.05, 0) is 48.1 Å². The van der Waals surface area contributed by atoms with Gasteiger partial charge in [-0.15, -0.1) is 0 Å². The van der Waals surface area contributed by atoms with Gasteiger partial charge in [0.15, 0.2) is 5.11 Å². The zero-order chi connectivity index (χ0) is 19.1. The third kappa shape index (κ3) is 5.52. The molecule has 2 N–H and O–H groups in total. The number of nitro benzene ring substituents is 1. The van der Waals surface area contributed by atoms with E-state index in [-0.39, 0.29) is 5.69 Å². The molecule has 0 radical (unpaired) electrons. The Balaban J connectivity index is 1.54. The highest BCUT2D eigenvalue weighted by Gasteiger charge is 2.07. The lowest BCUT2D eigenvalue weighted by molar-refractivity contribution is -0.384. The summed E-state index contributed by atoms with van der Waals surface area (Å²) < 4.78 is 5.74. The molecular formula is C20H17N3O3S. The van der Waals surface area contributed by atoms with E-state index >= 15 is 0 Å². The Morgan fingerprint density at radius 3 is 2.33 bits per heavy atom. The second-order valence-corrected chi connectivity index (χ2v) is 6.09. The zero-order valence-corrected chi connectivity index (χ0v) is 15.1. The van der Waals surface area contributed by atoms with Crippen molar-refractivity contribution in [2.24, 2.45) is 0 Å². The normalized spacial score (nSPS) is 10.1. The molecule has 0 atom stereocenters. The van der Waals surface area contributed by atoms with Gasteiger partial charge in [0.05, 0.1) is 4.92 Å². The number of ether oxygens (including phenoxy) is 1. The van der Waals surface area contributed by atoms with Crippen molar-refractivity contribution in [2.75, 3.05) is 10.6 Å². The monoisotopic (exact) mass is 379 g/mol. The summed E-state index contributed by atoms with van der Waals surface area (Å²) in [4.78, 5) is 10.4. The third-order valence-corrected chi connectivity index (χ3v) is 3.88. The Morgan fingerprint density at radius 2 is 1.63 bits per heavy atom. The molecule has 3 aromatic carbocycles. The molecule has 0 unspecified atom stereocenters. The number of rotatable bonds is 6. The Hall–Kier alpha value is -3.45. The standard InChI is InChI=1S/C20H17N3O3S/c24-23(25)18-8-4-7-17(13-18)22-20(27)21-16-9-11-19(12-10-16)26-14-15-5-2-1-3-6-15/h1-13H,14H2,(H2,21,22,27). The van der Waals surface area contributed by atoms with Crippen molar-refractivity contribution in [3.63, 3.8) is 0 Å². The number of nitrogens with zero attached hydrogens (tertiary/aromatic N) is 1. The number of hydrogen-bond donors (Lipinski definition) is 2. The van der Waals surface area contributed by atoms with Crippen molar-refractivity contribution >= 4 is 34.4 Å². The predicted molar refractivity (Wildman–Crippen MR) is 110 cm³/mol. The predicted octanol–water partition coefficient (Wildman–Crippen LogP) is 4.98. The van der Waals surface area contributed by atoms with Crippen molar-refractivity contribution in [2.45, 2.75) is 6.61 Å². The van der Waals surface area contributed by atoms with E-state index < -0.39 is 4.92 Å². The van der Waals surface area contributed by atoms with Crippen LogP contribution in [0.4, 0.5) is 17.1 Å². The van der Waals surface area contributed by atoms with Crippen molar-refractivity contribution in [1.82, 2.24) is 0 Å². The van der Waals surface area contributed by atoms with Gasteiger partial charge in [-0.25, -0.2) is 0 Å². The van der Waals surface area contributed by atoms with Crippen LogP contribution in [0.5, 0.6) is 5.75 Å². The minimum absolute atomic E-state index is 0.00252. The lowest BCUT2D eigenvalue weighted by Gasteiger charge is -2.11. The molecule has 27 heavy (non-hydrogen) atoms. The first-order valence-corrected chi connectivity index (χ1v) is 8.60. The van der Waals surface area contributed by atoms with E-state index in [9.17, 15) is 10.1 Å². The van der Waals surface area contributed by atoms with E-state index in [1.54, 1.807) is 12.1 Å². The van der Waals surface area contributed by atoms with E-state index in [1.807, 2.05) is 54.6 Å². The molecule has 3 rings (SSSR count). The molecule has 3 aromatic rings.